The van der Waals surface area contributed by atoms with Gasteiger partial charge in [0.15, 0.2) is 0 Å². The molecular weight excluding hydrogens is 218 g/mol. The van der Waals surface area contributed by atoms with Crippen LogP contribution in [0.15, 0.2) is 0 Å². The highest BCUT2D eigenvalue weighted by Gasteiger charge is 2.34. The Morgan fingerprint density at radius 2 is 2.18 bits per heavy atom. The van der Waals surface area contributed by atoms with Crippen LogP contribution in [0.2, 0.25) is 0 Å². The van der Waals surface area contributed by atoms with Crippen molar-refractivity contribution < 1.29 is 9.59 Å². The Morgan fingerprint density at radius 3 is 2.76 bits per heavy atom. The van der Waals surface area contributed by atoms with Gasteiger partial charge in [0.1, 0.15) is 0 Å². The van der Waals surface area contributed by atoms with Gasteiger partial charge < -0.3 is 15.5 Å². The van der Waals surface area contributed by atoms with E-state index >= 15 is 0 Å². The fraction of sp³-hybridized carbons (Fsp3) is 0.833. The van der Waals surface area contributed by atoms with E-state index in [9.17, 15) is 9.59 Å². The van der Waals surface area contributed by atoms with Crippen LogP contribution in [0, 0.1) is 5.92 Å². The third-order valence-electron chi connectivity index (χ3n) is 3.65. The lowest BCUT2D eigenvalue weighted by Gasteiger charge is -2.25. The second-order valence-electron chi connectivity index (χ2n) is 4.87. The van der Waals surface area contributed by atoms with Gasteiger partial charge in [-0.2, -0.15) is 0 Å². The summed E-state index contributed by atoms with van der Waals surface area (Å²) in [5, 5.41) is 6.34. The predicted molar refractivity (Wildman–Crippen MR) is 64.4 cm³/mol. The summed E-state index contributed by atoms with van der Waals surface area (Å²) < 4.78 is 0. The Kier molecular flexibility index (Phi) is 3.99. The molecule has 2 fully saturated rings. The minimum absolute atomic E-state index is 0.0567. The molecule has 96 valence electrons. The molecule has 2 rings (SSSR count). The molecule has 0 saturated carbocycles. The first-order valence-corrected chi connectivity index (χ1v) is 6.49. The molecule has 0 aromatic heterocycles. The number of amides is 2. The van der Waals surface area contributed by atoms with E-state index in [0.29, 0.717) is 19.5 Å². The summed E-state index contributed by atoms with van der Waals surface area (Å²) in [5.41, 5.74) is 0. The topological polar surface area (TPSA) is 61.4 Å². The van der Waals surface area contributed by atoms with E-state index in [1.807, 2.05) is 6.92 Å². The standard InChI is InChI=1S/C12H21N3O2/c1-2-15-8-9(7-11(15)16)12(17)14-10-3-5-13-6-4-10/h9-10,13H,2-8H2,1H3,(H,14,17). The van der Waals surface area contributed by atoms with Gasteiger partial charge in [0.25, 0.3) is 0 Å². The Hall–Kier alpha value is -1.10. The van der Waals surface area contributed by atoms with Crippen molar-refractivity contribution in [2.45, 2.75) is 32.2 Å². The Labute approximate surface area is 102 Å². The Balaban J connectivity index is 1.82. The van der Waals surface area contributed by atoms with E-state index in [4.69, 9.17) is 0 Å². The van der Waals surface area contributed by atoms with E-state index in [0.717, 1.165) is 25.9 Å². The maximum Gasteiger partial charge on any atom is 0.225 e. The number of hydrogen-bond acceptors (Lipinski definition) is 3. The molecule has 2 aliphatic rings. The smallest absolute Gasteiger partial charge is 0.225 e. The van der Waals surface area contributed by atoms with E-state index in [1.54, 1.807) is 4.90 Å². The number of nitrogens with one attached hydrogen (secondary N) is 2. The van der Waals surface area contributed by atoms with E-state index in [2.05, 4.69) is 10.6 Å². The number of carbonyl (C=O) groups excluding carboxylic acids is 2. The SMILES string of the molecule is CCN1CC(C(=O)NC2CCNCC2)CC1=O. The molecule has 0 bridgehead atoms. The van der Waals surface area contributed by atoms with E-state index in [-0.39, 0.29) is 23.8 Å². The number of hydrogen-bond donors (Lipinski definition) is 2. The van der Waals surface area contributed by atoms with Crippen molar-refractivity contribution in [3.63, 3.8) is 0 Å². The summed E-state index contributed by atoms with van der Waals surface area (Å²) in [7, 11) is 0. The third-order valence-corrected chi connectivity index (χ3v) is 3.65. The fourth-order valence-electron chi connectivity index (χ4n) is 2.54. The Morgan fingerprint density at radius 1 is 1.47 bits per heavy atom. The van der Waals surface area contributed by atoms with Crippen LogP contribution in [-0.2, 0) is 9.59 Å². The lowest BCUT2D eigenvalue weighted by molar-refractivity contribution is -0.129. The second kappa shape index (κ2) is 5.49. The molecule has 0 aliphatic carbocycles. The molecule has 17 heavy (non-hydrogen) atoms. The number of likely N-dealkylation sites (tertiary alicyclic amines) is 1. The maximum absolute atomic E-state index is 12.0. The van der Waals surface area contributed by atoms with Gasteiger partial charge in [0.05, 0.1) is 5.92 Å². The highest BCUT2D eigenvalue weighted by atomic mass is 16.2. The summed E-state index contributed by atoms with van der Waals surface area (Å²) in [6, 6.07) is 0.287. The Bertz CT molecular complexity index is 300. The van der Waals surface area contributed by atoms with Crippen LogP contribution < -0.4 is 10.6 Å². The quantitative estimate of drug-likeness (QED) is 0.712. The number of nitrogens with zero attached hydrogens (tertiary/aromatic N) is 1. The van der Waals surface area contributed by atoms with Gasteiger partial charge in [-0.3, -0.25) is 9.59 Å². The number of piperidine rings is 1. The van der Waals surface area contributed by atoms with Gasteiger partial charge in [-0.25, -0.2) is 0 Å². The highest BCUT2D eigenvalue weighted by Crippen LogP contribution is 2.18. The molecule has 5 nitrogen and oxygen atoms in total. The second-order valence-corrected chi connectivity index (χ2v) is 4.87. The van der Waals surface area contributed by atoms with Crippen LogP contribution in [0.25, 0.3) is 0 Å². The molecule has 5 heteroatoms. The first-order chi connectivity index (χ1) is 8.20. The minimum Gasteiger partial charge on any atom is -0.353 e. The summed E-state index contributed by atoms with van der Waals surface area (Å²) in [5.74, 6) is 0.0245. The molecule has 2 heterocycles. The van der Waals surface area contributed by atoms with Gasteiger partial charge in [-0.15, -0.1) is 0 Å². The van der Waals surface area contributed by atoms with Crippen molar-refractivity contribution in [3.8, 4) is 0 Å². The van der Waals surface area contributed by atoms with Gasteiger partial charge in [0.2, 0.25) is 11.8 Å². The van der Waals surface area contributed by atoms with Crippen LogP contribution in [0.1, 0.15) is 26.2 Å². The minimum atomic E-state index is -0.141. The largest absolute Gasteiger partial charge is 0.353 e. The van der Waals surface area contributed by atoms with Crippen LogP contribution in [0.4, 0.5) is 0 Å². The summed E-state index contributed by atoms with van der Waals surface area (Å²) in [4.78, 5) is 25.3. The highest BCUT2D eigenvalue weighted by molar-refractivity contribution is 5.89. The molecule has 2 saturated heterocycles. The number of carbonyl (C=O) groups is 2. The molecule has 2 N–H and O–H groups in total. The average Bonchev–Trinajstić information content (AvgIpc) is 2.72. The molecule has 1 atom stereocenters. The normalized spacial score (nSPS) is 26.3. The predicted octanol–water partition coefficient (Wildman–Crippen LogP) is -0.277. The monoisotopic (exact) mass is 239 g/mol. The van der Waals surface area contributed by atoms with Gasteiger partial charge >= 0.3 is 0 Å². The molecule has 0 spiro atoms. The van der Waals surface area contributed by atoms with Crippen molar-refractivity contribution in [2.75, 3.05) is 26.2 Å². The molecule has 1 unspecified atom stereocenters. The first-order valence-electron chi connectivity index (χ1n) is 6.49. The fourth-order valence-corrected chi connectivity index (χ4v) is 2.54. The summed E-state index contributed by atoms with van der Waals surface area (Å²) >= 11 is 0. The maximum atomic E-state index is 12.0. The summed E-state index contributed by atoms with van der Waals surface area (Å²) in [6.45, 7) is 5.18. The number of rotatable bonds is 3. The van der Waals surface area contributed by atoms with Crippen molar-refractivity contribution in [2.24, 2.45) is 5.92 Å². The van der Waals surface area contributed by atoms with Crippen LogP contribution in [0.5, 0.6) is 0 Å². The van der Waals surface area contributed by atoms with E-state index in [1.165, 1.54) is 0 Å². The van der Waals surface area contributed by atoms with Gasteiger partial charge in [-0.1, -0.05) is 0 Å². The van der Waals surface area contributed by atoms with Crippen LogP contribution in [-0.4, -0.2) is 48.9 Å². The average molecular weight is 239 g/mol. The lowest BCUT2D eigenvalue weighted by atomic mass is 10.0. The third kappa shape index (κ3) is 2.97. The van der Waals surface area contributed by atoms with Crippen LogP contribution >= 0.6 is 0 Å². The zero-order valence-electron chi connectivity index (χ0n) is 10.4. The summed E-state index contributed by atoms with van der Waals surface area (Å²) in [6.07, 6.45) is 2.36. The molecule has 0 aromatic carbocycles. The zero-order valence-corrected chi connectivity index (χ0v) is 10.4. The molecule has 2 aliphatic heterocycles. The van der Waals surface area contributed by atoms with Crippen LogP contribution in [0.3, 0.4) is 0 Å². The lowest BCUT2D eigenvalue weighted by Crippen LogP contribution is -2.45. The van der Waals surface area contributed by atoms with E-state index < -0.39 is 0 Å². The van der Waals surface area contributed by atoms with Crippen molar-refractivity contribution in [1.82, 2.24) is 15.5 Å². The first kappa shape index (κ1) is 12.4. The zero-order chi connectivity index (χ0) is 12.3. The van der Waals surface area contributed by atoms with Crippen molar-refractivity contribution >= 4 is 11.8 Å². The van der Waals surface area contributed by atoms with Gasteiger partial charge in [-0.05, 0) is 32.9 Å². The molecule has 0 aromatic rings. The van der Waals surface area contributed by atoms with Crippen molar-refractivity contribution in [3.05, 3.63) is 0 Å². The van der Waals surface area contributed by atoms with Crippen molar-refractivity contribution in [1.29, 1.82) is 0 Å². The molecule has 2 amide bonds. The molecule has 0 radical (unpaired) electrons. The molecular formula is C12H21N3O2. The van der Waals surface area contributed by atoms with Gasteiger partial charge in [0, 0.05) is 25.6 Å².